The van der Waals surface area contributed by atoms with Crippen LogP contribution in [0, 0.1) is 18.3 Å². The van der Waals surface area contributed by atoms with Gasteiger partial charge in [-0.25, -0.2) is 0 Å². The number of hydrogen-bond acceptors (Lipinski definition) is 4. The fourth-order valence-corrected chi connectivity index (χ4v) is 2.90. The van der Waals surface area contributed by atoms with E-state index in [-0.39, 0.29) is 11.0 Å². The van der Waals surface area contributed by atoms with E-state index in [0.29, 0.717) is 14.8 Å². The standard InChI is InChI=1S/C12H8N2OS2/c1-8-9(7-13)11(15)10(12(16)17-8)14-5-3-2-4-6-14/h2-6H,1H3. The topological polar surface area (TPSA) is 44.7 Å². The molecule has 3 nitrogen and oxygen atoms in total. The second kappa shape index (κ2) is 4.62. The Kier molecular flexibility index (Phi) is 3.18. The summed E-state index contributed by atoms with van der Waals surface area (Å²) in [7, 11) is 0. The summed E-state index contributed by atoms with van der Waals surface area (Å²) in [6.45, 7) is 1.74. The molecule has 0 saturated carbocycles. The molecular weight excluding hydrogens is 252 g/mol. The average molecular weight is 260 g/mol. The number of nitriles is 1. The van der Waals surface area contributed by atoms with Crippen LogP contribution in [0.15, 0.2) is 39.6 Å². The highest BCUT2D eigenvalue weighted by Gasteiger charge is 2.15. The van der Waals surface area contributed by atoms with Gasteiger partial charge in [-0.3, -0.25) is 4.79 Å². The van der Waals surface area contributed by atoms with E-state index in [1.165, 1.54) is 11.3 Å². The summed E-state index contributed by atoms with van der Waals surface area (Å²) in [4.78, 5) is 12.8. The van der Waals surface area contributed by atoms with Crippen molar-refractivity contribution in [2.75, 3.05) is 0 Å². The summed E-state index contributed by atoms with van der Waals surface area (Å²) >= 11 is 6.50. The lowest BCUT2D eigenvalue weighted by Gasteiger charge is -2.09. The highest BCUT2D eigenvalue weighted by molar-refractivity contribution is 7.62. The molecule has 0 aliphatic rings. The molecule has 2 aromatic heterocycles. The van der Waals surface area contributed by atoms with E-state index >= 15 is 0 Å². The molecule has 0 radical (unpaired) electrons. The highest BCUT2D eigenvalue weighted by Crippen LogP contribution is 2.17. The third-order valence-electron chi connectivity index (χ3n) is 2.32. The third-order valence-corrected chi connectivity index (χ3v) is 3.65. The molecule has 0 aliphatic heterocycles. The molecule has 2 rings (SSSR count). The molecule has 0 N–H and O–H groups in total. The molecule has 0 bridgehead atoms. The van der Waals surface area contributed by atoms with Gasteiger partial charge in [-0.2, -0.15) is 9.83 Å². The molecule has 0 fully saturated rings. The minimum atomic E-state index is -0.301. The van der Waals surface area contributed by atoms with E-state index in [4.69, 9.17) is 17.9 Å². The Labute approximate surface area is 108 Å². The van der Waals surface area contributed by atoms with Crippen LogP contribution in [0.4, 0.5) is 0 Å². The molecule has 5 heteroatoms. The van der Waals surface area contributed by atoms with E-state index in [2.05, 4.69) is 0 Å². The lowest BCUT2D eigenvalue weighted by atomic mass is 10.2. The summed E-state index contributed by atoms with van der Waals surface area (Å²) in [6.07, 6.45) is 3.49. The van der Waals surface area contributed by atoms with Gasteiger partial charge in [0.1, 0.15) is 11.6 Å². The van der Waals surface area contributed by atoms with E-state index in [1.807, 2.05) is 24.3 Å². The first-order valence-corrected chi connectivity index (χ1v) is 6.09. The van der Waals surface area contributed by atoms with Crippen LogP contribution in [-0.2, 0) is 12.6 Å². The summed E-state index contributed by atoms with van der Waals surface area (Å²) in [6, 6.07) is 7.41. The minimum Gasteiger partial charge on any atom is -0.421 e. The van der Waals surface area contributed by atoms with Crippen molar-refractivity contribution in [3.05, 3.63) is 51.3 Å². The minimum absolute atomic E-state index is 0.176. The van der Waals surface area contributed by atoms with Crippen LogP contribution < -0.4 is 10.00 Å². The van der Waals surface area contributed by atoms with Crippen LogP contribution in [0.1, 0.15) is 10.4 Å². The van der Waals surface area contributed by atoms with Crippen LogP contribution >= 0.6 is 11.3 Å². The van der Waals surface area contributed by atoms with Gasteiger partial charge in [-0.15, -0.1) is 0 Å². The first-order chi connectivity index (χ1) is 8.15. The Hall–Kier alpha value is -1.77. The van der Waals surface area contributed by atoms with E-state index in [9.17, 15) is 4.79 Å². The Balaban J connectivity index is 2.81. The van der Waals surface area contributed by atoms with E-state index in [1.54, 1.807) is 23.9 Å². The Morgan fingerprint density at radius 2 is 2.00 bits per heavy atom. The number of pyridine rings is 1. The quantitative estimate of drug-likeness (QED) is 0.576. The first-order valence-electron chi connectivity index (χ1n) is 4.86. The van der Waals surface area contributed by atoms with Crippen molar-refractivity contribution in [1.29, 1.82) is 5.26 Å². The van der Waals surface area contributed by atoms with Crippen molar-refractivity contribution in [2.24, 2.45) is 0 Å². The molecule has 2 aromatic rings. The average Bonchev–Trinajstić information content (AvgIpc) is 2.30. The Bertz CT molecular complexity index is 657. The lowest BCUT2D eigenvalue weighted by Crippen LogP contribution is -2.37. The van der Waals surface area contributed by atoms with Gasteiger partial charge in [0.15, 0.2) is 12.4 Å². The van der Waals surface area contributed by atoms with Gasteiger partial charge in [0.2, 0.25) is 5.69 Å². The second-order valence-electron chi connectivity index (χ2n) is 3.39. The number of rotatable bonds is 1. The third kappa shape index (κ3) is 2.05. The van der Waals surface area contributed by atoms with Crippen LogP contribution in [0.25, 0.3) is 5.69 Å². The number of nitrogens with zero attached hydrogens (tertiary/aromatic N) is 2. The molecule has 0 aromatic carbocycles. The van der Waals surface area contributed by atoms with E-state index in [0.717, 1.165) is 0 Å². The summed E-state index contributed by atoms with van der Waals surface area (Å²) < 4.78 is 2.16. The van der Waals surface area contributed by atoms with Crippen molar-refractivity contribution < 1.29 is 4.57 Å². The van der Waals surface area contributed by atoms with Gasteiger partial charge in [0.05, 0.1) is 0 Å². The van der Waals surface area contributed by atoms with E-state index < -0.39 is 0 Å². The summed E-state index contributed by atoms with van der Waals surface area (Å²) in [5.74, 6) is 0. The van der Waals surface area contributed by atoms with Gasteiger partial charge in [-0.1, -0.05) is 10.9 Å². The zero-order chi connectivity index (χ0) is 12.4. The van der Waals surface area contributed by atoms with Crippen LogP contribution in [0.5, 0.6) is 0 Å². The van der Waals surface area contributed by atoms with Crippen molar-refractivity contribution in [2.45, 2.75) is 11.1 Å². The van der Waals surface area contributed by atoms with Crippen molar-refractivity contribution in [3.8, 4) is 11.8 Å². The van der Waals surface area contributed by atoms with Crippen molar-refractivity contribution >= 4 is 24.0 Å². The monoisotopic (exact) mass is 260 g/mol. The predicted octanol–water partition coefficient (Wildman–Crippen LogP) is 1.47. The largest absolute Gasteiger partial charge is 0.421 e. The fraction of sp³-hybridized carbons (Fsp3) is 0.0833. The zero-order valence-electron chi connectivity index (χ0n) is 9.01. The van der Waals surface area contributed by atoms with Gasteiger partial charge in [-0.05, 0) is 11.1 Å². The second-order valence-corrected chi connectivity index (χ2v) is 5.28. The van der Waals surface area contributed by atoms with Crippen LogP contribution in [-0.4, -0.2) is 0 Å². The number of aromatic nitrogens is 1. The maximum absolute atomic E-state index is 12.1. The molecule has 0 spiro atoms. The van der Waals surface area contributed by atoms with Gasteiger partial charge >= 0.3 is 0 Å². The molecule has 17 heavy (non-hydrogen) atoms. The molecule has 2 heterocycles. The van der Waals surface area contributed by atoms with Gasteiger partial charge in [0.25, 0.3) is 5.43 Å². The predicted molar refractivity (Wildman–Crippen MR) is 67.2 cm³/mol. The van der Waals surface area contributed by atoms with Gasteiger partial charge < -0.3 is 24.0 Å². The van der Waals surface area contributed by atoms with Crippen molar-refractivity contribution in [1.82, 2.24) is 0 Å². The molecule has 0 amide bonds. The highest BCUT2D eigenvalue weighted by atomic mass is 32.2. The summed E-state index contributed by atoms with van der Waals surface area (Å²) in [5.41, 5.74) is 0.257. The first kappa shape index (κ1) is 11.7. The molecule has 0 aliphatic carbocycles. The Morgan fingerprint density at radius 3 is 2.59 bits per heavy atom. The maximum Gasteiger partial charge on any atom is 0.266 e. The molecule has 0 saturated heterocycles. The normalized spacial score (nSPS) is 9.88. The molecule has 0 unspecified atom stereocenters. The SMILES string of the molecule is Cc1sc([S-])c(-[n+]2ccccc2)c(=O)c1C#N. The maximum atomic E-state index is 12.1. The smallest absolute Gasteiger partial charge is 0.266 e. The molecular formula is C12H8N2OS2. The molecule has 84 valence electrons. The van der Waals surface area contributed by atoms with Crippen LogP contribution in [0.2, 0.25) is 0 Å². The zero-order valence-corrected chi connectivity index (χ0v) is 10.6. The van der Waals surface area contributed by atoms with Crippen LogP contribution in [0.3, 0.4) is 0 Å². The molecule has 0 atom stereocenters. The fourth-order valence-electron chi connectivity index (χ4n) is 1.51. The lowest BCUT2D eigenvalue weighted by molar-refractivity contribution is -0.598. The Morgan fingerprint density at radius 1 is 1.35 bits per heavy atom. The number of hydrogen-bond donors (Lipinski definition) is 0. The van der Waals surface area contributed by atoms with Crippen molar-refractivity contribution in [3.63, 3.8) is 0 Å². The van der Waals surface area contributed by atoms with Gasteiger partial charge in [0, 0.05) is 12.1 Å². The summed E-state index contributed by atoms with van der Waals surface area (Å²) in [5, 5.41) is 8.97. The number of aryl methyl sites for hydroxylation is 1.